The van der Waals surface area contributed by atoms with Crippen LogP contribution in [0.1, 0.15) is 11.1 Å². The normalized spacial score (nSPS) is 15.9. The number of methoxy groups -OCH3 is 3. The average molecular weight is 385 g/mol. The maximum atomic E-state index is 12.9. The van der Waals surface area contributed by atoms with E-state index >= 15 is 0 Å². The van der Waals surface area contributed by atoms with Crippen molar-refractivity contribution in [2.24, 2.45) is 0 Å². The lowest BCUT2D eigenvalue weighted by Crippen LogP contribution is -2.41. The lowest BCUT2D eigenvalue weighted by Gasteiger charge is -2.20. The summed E-state index contributed by atoms with van der Waals surface area (Å²) in [6, 6.07) is 12.8. The van der Waals surface area contributed by atoms with Crippen molar-refractivity contribution >= 4 is 12.0 Å². The van der Waals surface area contributed by atoms with Crippen molar-refractivity contribution in [1.29, 1.82) is 0 Å². The Hall–Kier alpha value is -3.22. The molecule has 7 heteroatoms. The highest BCUT2D eigenvalue weighted by Gasteiger charge is 2.37. The molecule has 28 heavy (non-hydrogen) atoms. The van der Waals surface area contributed by atoms with Crippen LogP contribution in [0, 0.1) is 0 Å². The molecular formula is C21H23NO6. The second kappa shape index (κ2) is 8.65. The summed E-state index contributed by atoms with van der Waals surface area (Å²) in [6.45, 7) is 0.189. The first-order valence-corrected chi connectivity index (χ1v) is 8.89. The van der Waals surface area contributed by atoms with Crippen LogP contribution in [0.5, 0.6) is 17.2 Å². The van der Waals surface area contributed by atoms with Gasteiger partial charge in [0.1, 0.15) is 6.61 Å². The summed E-state index contributed by atoms with van der Waals surface area (Å²) in [6.07, 6.45) is -0.0524. The standard InChI is InChI=1S/C21H23NO6/c1-25-17-10-15(11-18(26-2)20(17)27-3)12-19(23)22-16(13-28-21(22)24)9-14-7-5-4-6-8-14/h4-8,10-11,16H,9,12-13H2,1-3H3/t16-/m0/s1. The van der Waals surface area contributed by atoms with Gasteiger partial charge in [0.2, 0.25) is 11.7 Å². The number of hydrogen-bond donors (Lipinski definition) is 0. The van der Waals surface area contributed by atoms with Crippen molar-refractivity contribution < 1.29 is 28.5 Å². The molecule has 1 aliphatic rings. The molecule has 0 spiro atoms. The fraction of sp³-hybridized carbons (Fsp3) is 0.333. The minimum Gasteiger partial charge on any atom is -0.493 e. The Kier molecular flexibility index (Phi) is 6.03. The molecule has 0 bridgehead atoms. The Balaban J connectivity index is 1.80. The molecule has 0 radical (unpaired) electrons. The Bertz CT molecular complexity index is 826. The molecule has 0 unspecified atom stereocenters. The number of nitrogens with zero attached hydrogens (tertiary/aromatic N) is 1. The number of imide groups is 1. The molecule has 2 amide bonds. The van der Waals surface area contributed by atoms with Crippen LogP contribution >= 0.6 is 0 Å². The quantitative estimate of drug-likeness (QED) is 0.730. The number of carbonyl (C=O) groups excluding carboxylic acids is 2. The van der Waals surface area contributed by atoms with Crippen LogP contribution in [-0.2, 0) is 22.4 Å². The molecular weight excluding hydrogens is 362 g/mol. The molecule has 1 fully saturated rings. The van der Waals surface area contributed by atoms with Gasteiger partial charge in [0.15, 0.2) is 11.5 Å². The van der Waals surface area contributed by atoms with E-state index in [1.165, 1.54) is 26.2 Å². The number of ether oxygens (including phenoxy) is 4. The van der Waals surface area contributed by atoms with E-state index in [0.717, 1.165) is 5.56 Å². The molecule has 148 valence electrons. The van der Waals surface area contributed by atoms with Gasteiger partial charge in [-0.05, 0) is 29.7 Å². The molecule has 7 nitrogen and oxygen atoms in total. The lowest BCUT2D eigenvalue weighted by molar-refractivity contribution is -0.128. The van der Waals surface area contributed by atoms with Crippen LogP contribution in [0.3, 0.4) is 0 Å². The van der Waals surface area contributed by atoms with Gasteiger partial charge in [-0.3, -0.25) is 4.79 Å². The summed E-state index contributed by atoms with van der Waals surface area (Å²) in [7, 11) is 4.53. The van der Waals surface area contributed by atoms with E-state index in [9.17, 15) is 9.59 Å². The van der Waals surface area contributed by atoms with Crippen LogP contribution in [0.25, 0.3) is 0 Å². The molecule has 0 N–H and O–H groups in total. The van der Waals surface area contributed by atoms with Crippen molar-refractivity contribution in [1.82, 2.24) is 4.90 Å². The Morgan fingerprint density at radius 2 is 1.68 bits per heavy atom. The summed E-state index contributed by atoms with van der Waals surface area (Å²) in [5, 5.41) is 0. The number of hydrogen-bond acceptors (Lipinski definition) is 6. The molecule has 0 saturated carbocycles. The van der Waals surface area contributed by atoms with Crippen molar-refractivity contribution in [3.63, 3.8) is 0 Å². The predicted octanol–water partition coefficient (Wildman–Crippen LogP) is 2.85. The summed E-state index contributed by atoms with van der Waals surface area (Å²) in [5.74, 6) is 1.02. The number of cyclic esters (lactones) is 1. The SMILES string of the molecule is COc1cc(CC(=O)N2C(=O)OC[C@@H]2Cc2ccccc2)cc(OC)c1OC. The van der Waals surface area contributed by atoms with Gasteiger partial charge in [0.05, 0.1) is 33.8 Å². The van der Waals surface area contributed by atoms with E-state index in [-0.39, 0.29) is 25.0 Å². The molecule has 3 rings (SSSR count). The minimum atomic E-state index is -0.613. The molecule has 0 aliphatic carbocycles. The van der Waals surface area contributed by atoms with Crippen molar-refractivity contribution in [3.05, 3.63) is 53.6 Å². The number of rotatable bonds is 7. The molecule has 1 heterocycles. The van der Waals surface area contributed by atoms with Crippen LogP contribution < -0.4 is 14.2 Å². The van der Waals surface area contributed by atoms with Crippen LogP contribution in [0.15, 0.2) is 42.5 Å². The van der Waals surface area contributed by atoms with Crippen LogP contribution in [-0.4, -0.2) is 50.9 Å². The zero-order chi connectivity index (χ0) is 20.1. The molecule has 2 aromatic carbocycles. The van der Waals surface area contributed by atoms with Gasteiger partial charge >= 0.3 is 6.09 Å². The molecule has 1 saturated heterocycles. The number of carbonyl (C=O) groups is 2. The monoisotopic (exact) mass is 385 g/mol. The van der Waals surface area contributed by atoms with E-state index in [2.05, 4.69) is 0 Å². The maximum Gasteiger partial charge on any atom is 0.416 e. The summed E-state index contributed by atoms with van der Waals surface area (Å²) < 4.78 is 21.1. The van der Waals surface area contributed by atoms with Crippen molar-refractivity contribution in [3.8, 4) is 17.2 Å². The van der Waals surface area contributed by atoms with Crippen LogP contribution in [0.2, 0.25) is 0 Å². The second-order valence-electron chi connectivity index (χ2n) is 6.39. The first-order chi connectivity index (χ1) is 13.6. The zero-order valence-electron chi connectivity index (χ0n) is 16.1. The third-order valence-electron chi connectivity index (χ3n) is 4.62. The van der Waals surface area contributed by atoms with E-state index in [1.807, 2.05) is 30.3 Å². The van der Waals surface area contributed by atoms with Crippen molar-refractivity contribution in [2.75, 3.05) is 27.9 Å². The van der Waals surface area contributed by atoms with Gasteiger partial charge in [-0.25, -0.2) is 9.69 Å². The largest absolute Gasteiger partial charge is 0.493 e. The Morgan fingerprint density at radius 3 is 2.25 bits per heavy atom. The maximum absolute atomic E-state index is 12.9. The lowest BCUT2D eigenvalue weighted by atomic mass is 10.0. The zero-order valence-corrected chi connectivity index (χ0v) is 16.1. The minimum absolute atomic E-state index is 0.0110. The topological polar surface area (TPSA) is 74.3 Å². The fourth-order valence-corrected chi connectivity index (χ4v) is 3.30. The summed E-state index contributed by atoms with van der Waals surface area (Å²) in [5.41, 5.74) is 1.69. The van der Waals surface area contributed by atoms with Crippen molar-refractivity contribution in [2.45, 2.75) is 18.9 Å². The summed E-state index contributed by atoms with van der Waals surface area (Å²) in [4.78, 5) is 26.3. The van der Waals surface area contributed by atoms with Gasteiger partial charge in [0, 0.05) is 0 Å². The third kappa shape index (κ3) is 4.03. The first kappa shape index (κ1) is 19.5. The first-order valence-electron chi connectivity index (χ1n) is 8.89. The average Bonchev–Trinajstić information content (AvgIpc) is 3.07. The third-order valence-corrected chi connectivity index (χ3v) is 4.62. The summed E-state index contributed by atoms with van der Waals surface area (Å²) >= 11 is 0. The Labute approximate surface area is 163 Å². The smallest absolute Gasteiger partial charge is 0.416 e. The van der Waals surface area contributed by atoms with E-state index < -0.39 is 6.09 Å². The predicted molar refractivity (Wildman–Crippen MR) is 102 cm³/mol. The van der Waals surface area contributed by atoms with Crippen LogP contribution in [0.4, 0.5) is 4.79 Å². The fourth-order valence-electron chi connectivity index (χ4n) is 3.30. The molecule has 1 aliphatic heterocycles. The van der Waals surface area contributed by atoms with E-state index in [1.54, 1.807) is 12.1 Å². The van der Waals surface area contributed by atoms with Gasteiger partial charge in [0.25, 0.3) is 0 Å². The Morgan fingerprint density at radius 1 is 1.04 bits per heavy atom. The molecule has 0 aromatic heterocycles. The molecule has 1 atom stereocenters. The number of benzene rings is 2. The second-order valence-corrected chi connectivity index (χ2v) is 6.39. The highest BCUT2D eigenvalue weighted by atomic mass is 16.6. The highest BCUT2D eigenvalue weighted by molar-refractivity contribution is 5.94. The van der Waals surface area contributed by atoms with Gasteiger partial charge in [-0.1, -0.05) is 30.3 Å². The van der Waals surface area contributed by atoms with E-state index in [0.29, 0.717) is 29.2 Å². The van der Waals surface area contributed by atoms with E-state index in [4.69, 9.17) is 18.9 Å². The molecule has 2 aromatic rings. The van der Waals surface area contributed by atoms with Gasteiger partial charge < -0.3 is 18.9 Å². The van der Waals surface area contributed by atoms with Gasteiger partial charge in [-0.15, -0.1) is 0 Å². The van der Waals surface area contributed by atoms with Gasteiger partial charge in [-0.2, -0.15) is 0 Å². The highest BCUT2D eigenvalue weighted by Crippen LogP contribution is 2.38. The number of amides is 2.